The van der Waals surface area contributed by atoms with Crippen LogP contribution < -0.4 is 20.1 Å². The van der Waals surface area contributed by atoms with Gasteiger partial charge in [0.1, 0.15) is 23.4 Å². The van der Waals surface area contributed by atoms with E-state index in [-0.39, 0.29) is 30.5 Å². The molecule has 0 aliphatic heterocycles. The average molecular weight is 483 g/mol. The molecular formula is C27H38N4O4. The van der Waals surface area contributed by atoms with Gasteiger partial charge in [0.25, 0.3) is 0 Å². The number of ether oxygens (including phenoxy) is 2. The Kier molecular flexibility index (Phi) is 8.13. The molecule has 1 aromatic carbocycles. The molecule has 2 aliphatic rings. The molecule has 3 unspecified atom stereocenters. The van der Waals surface area contributed by atoms with E-state index in [0.29, 0.717) is 23.1 Å². The van der Waals surface area contributed by atoms with E-state index in [1.165, 1.54) is 0 Å². The fourth-order valence-electron chi connectivity index (χ4n) is 5.12. The fourth-order valence-corrected chi connectivity index (χ4v) is 5.12. The predicted molar refractivity (Wildman–Crippen MR) is 135 cm³/mol. The second-order valence-electron chi connectivity index (χ2n) is 9.72. The Labute approximate surface area is 207 Å². The first kappa shape index (κ1) is 25.3. The molecule has 8 nitrogen and oxygen atoms in total. The lowest BCUT2D eigenvalue weighted by atomic mass is 9.93. The van der Waals surface area contributed by atoms with Crippen molar-refractivity contribution in [1.29, 1.82) is 0 Å². The Hall–Kier alpha value is -2.84. The third-order valence-electron chi connectivity index (χ3n) is 7.38. The van der Waals surface area contributed by atoms with E-state index in [1.807, 2.05) is 28.9 Å². The molecule has 1 heterocycles. The minimum absolute atomic E-state index is 0.0379. The maximum atomic E-state index is 12.4. The molecule has 2 aliphatic carbocycles. The standard InChI is InChI=1S/C27H38N4O4/c1-5-18(15-25(32)28-19-10-7-11-19)29-27(33)20-16-22(31(30-20)21-12-6-9-17(21)2)26-23(34-3)13-8-14-24(26)35-4/h5,8,13-14,16-19,21,27,29,33H,1,6-7,9-12,15H2,2-4H3,(H,28,32)/t17?,18-,21?,27?/m0/s1. The highest BCUT2D eigenvalue weighted by Crippen LogP contribution is 2.43. The van der Waals surface area contributed by atoms with Crippen LogP contribution >= 0.6 is 0 Å². The molecule has 4 atom stereocenters. The predicted octanol–water partition coefficient (Wildman–Crippen LogP) is 4.12. The summed E-state index contributed by atoms with van der Waals surface area (Å²) in [5.74, 6) is 1.79. The van der Waals surface area contributed by atoms with Crippen molar-refractivity contribution in [2.75, 3.05) is 14.2 Å². The molecule has 2 fully saturated rings. The summed E-state index contributed by atoms with van der Waals surface area (Å²) < 4.78 is 13.4. The van der Waals surface area contributed by atoms with Gasteiger partial charge >= 0.3 is 0 Å². The Bertz CT molecular complexity index is 1010. The Morgan fingerprint density at radius 3 is 2.46 bits per heavy atom. The Balaban J connectivity index is 1.61. The van der Waals surface area contributed by atoms with Crippen LogP contribution in [-0.4, -0.2) is 47.1 Å². The zero-order valence-electron chi connectivity index (χ0n) is 21.0. The number of carbonyl (C=O) groups excluding carboxylic acids is 1. The number of nitrogens with zero attached hydrogens (tertiary/aromatic N) is 2. The van der Waals surface area contributed by atoms with E-state index in [4.69, 9.17) is 14.6 Å². The maximum Gasteiger partial charge on any atom is 0.222 e. The number of hydrogen-bond acceptors (Lipinski definition) is 6. The number of amides is 1. The van der Waals surface area contributed by atoms with Gasteiger partial charge in [-0.15, -0.1) is 6.58 Å². The van der Waals surface area contributed by atoms with Crippen molar-refractivity contribution < 1.29 is 19.4 Å². The van der Waals surface area contributed by atoms with Crippen LogP contribution in [0.15, 0.2) is 36.9 Å². The summed E-state index contributed by atoms with van der Waals surface area (Å²) >= 11 is 0. The van der Waals surface area contributed by atoms with Gasteiger partial charge < -0.3 is 19.9 Å². The number of hydrogen-bond donors (Lipinski definition) is 3. The summed E-state index contributed by atoms with van der Waals surface area (Å²) in [4.78, 5) is 12.4. The van der Waals surface area contributed by atoms with E-state index in [9.17, 15) is 9.90 Å². The normalized spacial score (nSPS) is 21.7. The molecule has 4 rings (SSSR count). The van der Waals surface area contributed by atoms with Crippen molar-refractivity contribution in [3.05, 3.63) is 42.6 Å². The van der Waals surface area contributed by atoms with Gasteiger partial charge in [-0.25, -0.2) is 0 Å². The first-order valence-electron chi connectivity index (χ1n) is 12.6. The number of aromatic nitrogens is 2. The van der Waals surface area contributed by atoms with Gasteiger partial charge in [0.2, 0.25) is 5.91 Å². The lowest BCUT2D eigenvalue weighted by Crippen LogP contribution is -2.43. The average Bonchev–Trinajstić information content (AvgIpc) is 3.46. The number of aliphatic hydroxyl groups excluding tert-OH is 1. The van der Waals surface area contributed by atoms with Crippen LogP contribution in [0.25, 0.3) is 11.3 Å². The number of methoxy groups -OCH3 is 2. The molecule has 0 spiro atoms. The van der Waals surface area contributed by atoms with Crippen LogP contribution in [0.2, 0.25) is 0 Å². The molecule has 190 valence electrons. The van der Waals surface area contributed by atoms with Crippen molar-refractivity contribution in [2.45, 2.75) is 76.2 Å². The molecule has 1 aromatic heterocycles. The van der Waals surface area contributed by atoms with Crippen molar-refractivity contribution >= 4 is 5.91 Å². The molecule has 1 amide bonds. The lowest BCUT2D eigenvalue weighted by Gasteiger charge is -2.27. The summed E-state index contributed by atoms with van der Waals surface area (Å²) in [5, 5.41) is 22.1. The zero-order valence-corrected chi connectivity index (χ0v) is 21.0. The second kappa shape index (κ2) is 11.3. The van der Waals surface area contributed by atoms with Gasteiger partial charge in [-0.1, -0.05) is 25.5 Å². The molecular weight excluding hydrogens is 444 g/mol. The minimum Gasteiger partial charge on any atom is -0.496 e. The zero-order chi connectivity index (χ0) is 24.9. The molecule has 2 saturated carbocycles. The third kappa shape index (κ3) is 5.54. The van der Waals surface area contributed by atoms with Gasteiger partial charge in [-0.3, -0.25) is 14.8 Å². The maximum absolute atomic E-state index is 12.4. The largest absolute Gasteiger partial charge is 0.496 e. The summed E-state index contributed by atoms with van der Waals surface area (Å²) in [7, 11) is 3.27. The van der Waals surface area contributed by atoms with E-state index >= 15 is 0 Å². The highest BCUT2D eigenvalue weighted by molar-refractivity contribution is 5.77. The number of nitrogens with one attached hydrogen (secondary N) is 2. The second-order valence-corrected chi connectivity index (χ2v) is 9.72. The summed E-state index contributed by atoms with van der Waals surface area (Å²) in [6.07, 6.45) is 7.33. The summed E-state index contributed by atoms with van der Waals surface area (Å²) in [6.45, 7) is 6.09. The number of carbonyl (C=O) groups is 1. The van der Waals surface area contributed by atoms with Crippen LogP contribution in [0.1, 0.15) is 69.8 Å². The first-order chi connectivity index (χ1) is 16.9. The number of benzene rings is 1. The highest BCUT2D eigenvalue weighted by atomic mass is 16.5. The van der Waals surface area contributed by atoms with Crippen LogP contribution in [0.3, 0.4) is 0 Å². The minimum atomic E-state index is -1.06. The summed E-state index contributed by atoms with van der Waals surface area (Å²) in [6, 6.07) is 7.68. The topological polar surface area (TPSA) is 97.6 Å². The molecule has 0 saturated heterocycles. The monoisotopic (exact) mass is 482 g/mol. The van der Waals surface area contributed by atoms with Crippen molar-refractivity contribution in [3.63, 3.8) is 0 Å². The van der Waals surface area contributed by atoms with Gasteiger partial charge in [0.05, 0.1) is 31.5 Å². The lowest BCUT2D eigenvalue weighted by molar-refractivity contribution is -0.122. The third-order valence-corrected chi connectivity index (χ3v) is 7.38. The highest BCUT2D eigenvalue weighted by Gasteiger charge is 2.31. The van der Waals surface area contributed by atoms with E-state index < -0.39 is 6.23 Å². The molecule has 35 heavy (non-hydrogen) atoms. The molecule has 2 aromatic rings. The van der Waals surface area contributed by atoms with Crippen molar-refractivity contribution in [2.24, 2.45) is 5.92 Å². The van der Waals surface area contributed by atoms with Gasteiger partial charge in [0, 0.05) is 18.5 Å². The smallest absolute Gasteiger partial charge is 0.222 e. The van der Waals surface area contributed by atoms with Gasteiger partial charge in [-0.2, -0.15) is 5.10 Å². The number of aliphatic hydroxyl groups is 1. The van der Waals surface area contributed by atoms with Gasteiger partial charge in [-0.05, 0) is 56.2 Å². The molecule has 0 bridgehead atoms. The van der Waals surface area contributed by atoms with Crippen LogP contribution in [0.5, 0.6) is 11.5 Å². The number of rotatable bonds is 11. The van der Waals surface area contributed by atoms with Crippen molar-refractivity contribution in [3.8, 4) is 22.8 Å². The quantitative estimate of drug-likeness (QED) is 0.329. The van der Waals surface area contributed by atoms with Crippen LogP contribution in [0.4, 0.5) is 0 Å². The Morgan fingerprint density at radius 2 is 1.91 bits per heavy atom. The molecule has 3 N–H and O–H groups in total. The van der Waals surface area contributed by atoms with Crippen LogP contribution in [0, 0.1) is 5.92 Å². The SMILES string of the molecule is C=C[C@@H](CC(=O)NC1CCC1)NC(O)c1cc(-c2c(OC)cccc2OC)n(C2CCCC2C)n1. The van der Waals surface area contributed by atoms with E-state index in [0.717, 1.165) is 49.8 Å². The fraction of sp³-hybridized carbons (Fsp3) is 0.556. The summed E-state index contributed by atoms with van der Waals surface area (Å²) in [5.41, 5.74) is 2.13. The Morgan fingerprint density at radius 1 is 1.23 bits per heavy atom. The van der Waals surface area contributed by atoms with E-state index in [1.54, 1.807) is 20.3 Å². The van der Waals surface area contributed by atoms with E-state index in [2.05, 4.69) is 24.1 Å². The van der Waals surface area contributed by atoms with Crippen LogP contribution in [-0.2, 0) is 4.79 Å². The molecule has 0 radical (unpaired) electrons. The van der Waals surface area contributed by atoms with Crippen molar-refractivity contribution in [1.82, 2.24) is 20.4 Å². The molecule has 8 heteroatoms. The van der Waals surface area contributed by atoms with Gasteiger partial charge in [0.15, 0.2) is 0 Å². The first-order valence-corrected chi connectivity index (χ1v) is 12.6.